The molecule has 0 aromatic carbocycles. The van der Waals surface area contributed by atoms with Crippen LogP contribution in [0.5, 0.6) is 0 Å². The van der Waals surface area contributed by atoms with E-state index in [4.69, 9.17) is 0 Å². The zero-order chi connectivity index (χ0) is 16.1. The van der Waals surface area contributed by atoms with Crippen molar-refractivity contribution in [3.05, 3.63) is 30.6 Å². The van der Waals surface area contributed by atoms with Crippen molar-refractivity contribution in [1.82, 2.24) is 29.3 Å². The predicted molar refractivity (Wildman–Crippen MR) is 91.0 cm³/mol. The van der Waals surface area contributed by atoms with Crippen molar-refractivity contribution in [2.24, 2.45) is 0 Å². The van der Waals surface area contributed by atoms with Gasteiger partial charge in [-0.3, -0.25) is 4.68 Å². The van der Waals surface area contributed by atoms with Gasteiger partial charge in [0.25, 0.3) is 0 Å². The fraction of sp³-hybridized carbons (Fsp3) is 0.529. The van der Waals surface area contributed by atoms with Crippen molar-refractivity contribution >= 4 is 17.0 Å². The topological polar surface area (TPSA) is 64.7 Å². The smallest absolute Gasteiger partial charge is 0.165 e. The lowest BCUT2D eigenvalue weighted by Gasteiger charge is -2.33. The van der Waals surface area contributed by atoms with E-state index in [1.165, 1.54) is 18.4 Å². The molecule has 1 unspecified atom stereocenters. The first-order valence-electron chi connectivity index (χ1n) is 8.73. The van der Waals surface area contributed by atoms with E-state index in [0.29, 0.717) is 12.1 Å². The summed E-state index contributed by atoms with van der Waals surface area (Å²) in [5.74, 6) is 0.966. The monoisotopic (exact) mass is 323 g/mol. The molecule has 3 aromatic rings. The minimum absolute atomic E-state index is 0.392. The van der Waals surface area contributed by atoms with Crippen molar-refractivity contribution in [3.8, 4) is 0 Å². The number of hydrogen-bond acceptors (Lipinski definition) is 5. The first-order chi connectivity index (χ1) is 11.8. The third-order valence-corrected chi connectivity index (χ3v) is 5.08. The Labute approximate surface area is 140 Å². The highest BCUT2D eigenvalue weighted by molar-refractivity contribution is 5.83. The highest BCUT2D eigenvalue weighted by Gasteiger charge is 2.28. The van der Waals surface area contributed by atoms with Gasteiger partial charge in [-0.15, -0.1) is 0 Å². The summed E-state index contributed by atoms with van der Waals surface area (Å²) in [6, 6.07) is 0.974. The van der Waals surface area contributed by atoms with Gasteiger partial charge in [0.15, 0.2) is 17.0 Å². The van der Waals surface area contributed by atoms with Crippen LogP contribution in [-0.4, -0.2) is 42.4 Å². The zero-order valence-corrected chi connectivity index (χ0v) is 13.8. The van der Waals surface area contributed by atoms with Crippen LogP contribution in [0.25, 0.3) is 11.2 Å². The van der Waals surface area contributed by atoms with Crippen LogP contribution >= 0.6 is 0 Å². The van der Waals surface area contributed by atoms with Crippen molar-refractivity contribution in [1.29, 1.82) is 0 Å². The summed E-state index contributed by atoms with van der Waals surface area (Å²) >= 11 is 0. The second kappa shape index (κ2) is 5.29. The van der Waals surface area contributed by atoms with Crippen LogP contribution in [0.3, 0.4) is 0 Å². The van der Waals surface area contributed by atoms with Gasteiger partial charge in [0.05, 0.1) is 18.6 Å². The SMILES string of the molecule is Cc1cnn(C2CCCN(c3ncnc4c3ncn4C3CC3)C2)c1. The summed E-state index contributed by atoms with van der Waals surface area (Å²) in [4.78, 5) is 16.0. The van der Waals surface area contributed by atoms with E-state index in [1.54, 1.807) is 6.33 Å². The summed E-state index contributed by atoms with van der Waals surface area (Å²) in [5, 5.41) is 4.50. The molecule has 2 aliphatic rings. The highest BCUT2D eigenvalue weighted by atomic mass is 15.3. The van der Waals surface area contributed by atoms with E-state index in [9.17, 15) is 0 Å². The summed E-state index contributed by atoms with van der Waals surface area (Å²) < 4.78 is 4.31. The summed E-state index contributed by atoms with van der Waals surface area (Å²) in [7, 11) is 0. The van der Waals surface area contributed by atoms with E-state index in [1.807, 2.05) is 12.5 Å². The normalized spacial score (nSPS) is 21.5. The highest BCUT2D eigenvalue weighted by Crippen LogP contribution is 2.38. The molecule has 124 valence electrons. The average Bonchev–Trinajstić information content (AvgIpc) is 3.21. The van der Waals surface area contributed by atoms with Gasteiger partial charge in [-0.2, -0.15) is 5.10 Å². The number of aromatic nitrogens is 6. The Kier molecular flexibility index (Phi) is 3.08. The third kappa shape index (κ3) is 2.26. The van der Waals surface area contributed by atoms with E-state index >= 15 is 0 Å². The molecule has 7 nitrogen and oxygen atoms in total. The molecule has 0 radical (unpaired) electrons. The van der Waals surface area contributed by atoms with Gasteiger partial charge in [-0.25, -0.2) is 15.0 Å². The largest absolute Gasteiger partial charge is 0.353 e. The van der Waals surface area contributed by atoms with Gasteiger partial charge in [0, 0.05) is 25.3 Å². The lowest BCUT2D eigenvalue weighted by atomic mass is 10.1. The minimum Gasteiger partial charge on any atom is -0.353 e. The van der Waals surface area contributed by atoms with E-state index in [0.717, 1.165) is 42.9 Å². The Morgan fingerprint density at radius 2 is 2.00 bits per heavy atom. The van der Waals surface area contributed by atoms with Gasteiger partial charge in [0.2, 0.25) is 0 Å². The van der Waals surface area contributed by atoms with Crippen LogP contribution in [-0.2, 0) is 0 Å². The molecular weight excluding hydrogens is 302 g/mol. The Balaban J connectivity index is 1.48. The van der Waals surface area contributed by atoms with Crippen molar-refractivity contribution in [2.75, 3.05) is 18.0 Å². The molecule has 4 heterocycles. The molecule has 3 aromatic heterocycles. The predicted octanol–water partition coefficient (Wildman–Crippen LogP) is 2.51. The van der Waals surface area contributed by atoms with Gasteiger partial charge >= 0.3 is 0 Å². The number of fused-ring (bicyclic) bond motifs is 1. The number of aryl methyl sites for hydroxylation is 1. The first-order valence-corrected chi connectivity index (χ1v) is 8.73. The molecule has 1 saturated heterocycles. The second-order valence-corrected chi connectivity index (χ2v) is 6.99. The molecule has 1 aliphatic carbocycles. The maximum absolute atomic E-state index is 4.63. The van der Waals surface area contributed by atoms with Gasteiger partial charge in [0.1, 0.15) is 6.33 Å². The Morgan fingerprint density at radius 1 is 1.08 bits per heavy atom. The van der Waals surface area contributed by atoms with Crippen LogP contribution in [0.1, 0.15) is 43.3 Å². The fourth-order valence-corrected chi connectivity index (χ4v) is 3.69. The molecule has 7 heteroatoms. The van der Waals surface area contributed by atoms with Crippen LogP contribution in [0.15, 0.2) is 25.0 Å². The van der Waals surface area contributed by atoms with E-state index < -0.39 is 0 Å². The fourth-order valence-electron chi connectivity index (χ4n) is 3.69. The van der Waals surface area contributed by atoms with Crippen LogP contribution < -0.4 is 4.90 Å². The standard InChI is InChI=1S/C17H21N7/c1-12-7-21-24(8-12)14-3-2-6-22(9-14)16-15-17(19-10-18-16)23(11-20-15)13-4-5-13/h7-8,10-11,13-14H,2-6,9H2,1H3. The first kappa shape index (κ1) is 13.9. The molecular formula is C17H21N7. The molecule has 1 atom stereocenters. The molecule has 1 saturated carbocycles. The average molecular weight is 323 g/mol. The second-order valence-electron chi connectivity index (χ2n) is 6.99. The third-order valence-electron chi connectivity index (χ3n) is 5.08. The Bertz CT molecular complexity index is 876. The number of imidazole rings is 1. The molecule has 0 bridgehead atoms. The lowest BCUT2D eigenvalue weighted by Crippen LogP contribution is -2.37. The Morgan fingerprint density at radius 3 is 2.79 bits per heavy atom. The van der Waals surface area contributed by atoms with Crippen LogP contribution in [0, 0.1) is 6.92 Å². The van der Waals surface area contributed by atoms with Crippen molar-refractivity contribution in [2.45, 2.75) is 44.7 Å². The van der Waals surface area contributed by atoms with Gasteiger partial charge < -0.3 is 9.47 Å². The number of piperidine rings is 1. The molecule has 5 rings (SSSR count). The summed E-state index contributed by atoms with van der Waals surface area (Å²) in [6.07, 6.45) is 12.4. The maximum atomic E-state index is 4.63. The lowest BCUT2D eigenvalue weighted by molar-refractivity contribution is 0.375. The molecule has 1 aliphatic heterocycles. The van der Waals surface area contributed by atoms with E-state index in [2.05, 4.69) is 47.3 Å². The number of rotatable bonds is 3. The minimum atomic E-state index is 0.392. The maximum Gasteiger partial charge on any atom is 0.165 e. The zero-order valence-electron chi connectivity index (χ0n) is 13.8. The van der Waals surface area contributed by atoms with Gasteiger partial charge in [-0.05, 0) is 38.2 Å². The van der Waals surface area contributed by atoms with Crippen molar-refractivity contribution in [3.63, 3.8) is 0 Å². The number of nitrogens with zero attached hydrogens (tertiary/aromatic N) is 7. The quantitative estimate of drug-likeness (QED) is 0.741. The molecule has 0 amide bonds. The van der Waals surface area contributed by atoms with Gasteiger partial charge in [-0.1, -0.05) is 0 Å². The summed E-state index contributed by atoms with van der Waals surface area (Å²) in [5.41, 5.74) is 3.11. The van der Waals surface area contributed by atoms with Crippen LogP contribution in [0.2, 0.25) is 0 Å². The number of anilines is 1. The number of hydrogen-bond donors (Lipinski definition) is 0. The molecule has 0 spiro atoms. The molecule has 0 N–H and O–H groups in total. The van der Waals surface area contributed by atoms with E-state index in [-0.39, 0.29) is 0 Å². The molecule has 2 fully saturated rings. The van der Waals surface area contributed by atoms with Crippen LogP contribution in [0.4, 0.5) is 5.82 Å². The summed E-state index contributed by atoms with van der Waals surface area (Å²) in [6.45, 7) is 4.02. The molecule has 24 heavy (non-hydrogen) atoms. The Hall–Kier alpha value is -2.44. The van der Waals surface area contributed by atoms with Crippen molar-refractivity contribution < 1.29 is 0 Å².